The molecule has 0 bridgehead atoms. The normalized spacial score (nSPS) is 16.6. The van der Waals surface area contributed by atoms with Gasteiger partial charge in [0.15, 0.2) is 11.7 Å². The summed E-state index contributed by atoms with van der Waals surface area (Å²) in [6.45, 7) is 6.79. The van der Waals surface area contributed by atoms with Gasteiger partial charge in [-0.1, -0.05) is 6.07 Å². The van der Waals surface area contributed by atoms with Crippen LogP contribution in [0.3, 0.4) is 0 Å². The lowest BCUT2D eigenvalue weighted by Gasteiger charge is -2.26. The number of morpholine rings is 1. The van der Waals surface area contributed by atoms with Gasteiger partial charge in [-0.3, -0.25) is 9.88 Å². The molecule has 2 aliphatic heterocycles. The molecule has 0 atom stereocenters. The fourth-order valence-corrected chi connectivity index (χ4v) is 3.92. The highest BCUT2D eigenvalue weighted by molar-refractivity contribution is 5.87. The molecule has 0 spiro atoms. The minimum Gasteiger partial charge on any atom is -0.483 e. The van der Waals surface area contributed by atoms with Crippen molar-refractivity contribution in [3.63, 3.8) is 0 Å². The largest absolute Gasteiger partial charge is 0.483 e. The molecule has 3 N–H and O–H groups in total. The van der Waals surface area contributed by atoms with Gasteiger partial charge in [0.1, 0.15) is 18.1 Å². The van der Waals surface area contributed by atoms with Gasteiger partial charge in [0.25, 0.3) is 0 Å². The van der Waals surface area contributed by atoms with Crippen LogP contribution in [-0.2, 0) is 20.8 Å². The molecule has 0 unspecified atom stereocenters. The maximum atomic E-state index is 5.44. The van der Waals surface area contributed by atoms with E-state index >= 15 is 0 Å². The van der Waals surface area contributed by atoms with E-state index in [-0.39, 0.29) is 0 Å². The molecule has 1 saturated heterocycles. The Balaban J connectivity index is 1.53. The van der Waals surface area contributed by atoms with Crippen LogP contribution in [0.5, 0.6) is 0 Å². The van der Waals surface area contributed by atoms with Crippen molar-refractivity contribution in [1.82, 2.24) is 25.5 Å². The number of amidine groups is 1. The number of pyridine rings is 2. The van der Waals surface area contributed by atoms with Crippen molar-refractivity contribution in [2.75, 3.05) is 72.1 Å². The summed E-state index contributed by atoms with van der Waals surface area (Å²) < 4.78 is 16.1. The average molecular weight is 494 g/mol. The molecule has 0 aromatic carbocycles. The molecule has 0 aliphatic carbocycles. The Bertz CT molecular complexity index is 1070. The van der Waals surface area contributed by atoms with Crippen LogP contribution in [0.4, 0.5) is 11.5 Å². The van der Waals surface area contributed by atoms with E-state index in [1.807, 2.05) is 42.6 Å². The summed E-state index contributed by atoms with van der Waals surface area (Å²) in [7, 11) is 3.32. The number of allylic oxidation sites excluding steroid dienone is 2. The molecule has 10 nitrogen and oxygen atoms in total. The van der Waals surface area contributed by atoms with Gasteiger partial charge in [0, 0.05) is 58.8 Å². The zero-order valence-electron chi connectivity index (χ0n) is 21.0. The number of hydrogen-bond donors (Lipinski definition) is 3. The minimum absolute atomic E-state index is 0.382. The van der Waals surface area contributed by atoms with Crippen molar-refractivity contribution < 1.29 is 14.2 Å². The summed E-state index contributed by atoms with van der Waals surface area (Å²) in [5.41, 5.74) is 3.74. The number of nitrogens with zero attached hydrogens (tertiary/aromatic N) is 4. The maximum absolute atomic E-state index is 5.44. The zero-order valence-corrected chi connectivity index (χ0v) is 21.0. The summed E-state index contributed by atoms with van der Waals surface area (Å²) in [6.07, 6.45) is 7.54. The molecule has 1 fully saturated rings. The molecule has 0 radical (unpaired) electrons. The predicted molar refractivity (Wildman–Crippen MR) is 141 cm³/mol. The quantitative estimate of drug-likeness (QED) is 0.321. The number of nitrogens with one attached hydrogen (secondary N) is 3. The first-order valence-corrected chi connectivity index (χ1v) is 12.2. The van der Waals surface area contributed by atoms with Gasteiger partial charge in [-0.2, -0.15) is 0 Å². The number of dihydropyridines is 1. The third-order valence-corrected chi connectivity index (χ3v) is 5.89. The van der Waals surface area contributed by atoms with Crippen LogP contribution in [0.25, 0.3) is 5.57 Å². The number of ether oxygens (including phenoxy) is 3. The standard InChI is InChI=1S/C26H35N7O3/c1-34-19-24(28-10-11-33-12-14-36-15-13-33)31-23-7-6-22(21-5-8-25(35-2)29-18-21)32-26(23)30-17-20-4-3-9-27-16-20/h3-9,16,29H,10-15,17-19H2,1-2H3,(H,28,31)(H,30,32). The smallest absolute Gasteiger partial charge is 0.186 e. The number of hydrogen-bond acceptors (Lipinski definition) is 9. The number of methoxy groups -OCH3 is 2. The van der Waals surface area contributed by atoms with Crippen molar-refractivity contribution in [2.24, 2.45) is 4.99 Å². The molecule has 4 rings (SSSR count). The van der Waals surface area contributed by atoms with Crippen LogP contribution in [0, 0.1) is 0 Å². The van der Waals surface area contributed by atoms with Crippen LogP contribution in [0.1, 0.15) is 11.3 Å². The van der Waals surface area contributed by atoms with Crippen LogP contribution < -0.4 is 16.0 Å². The molecule has 4 heterocycles. The van der Waals surface area contributed by atoms with Crippen LogP contribution in [0.2, 0.25) is 0 Å². The Hall–Kier alpha value is -3.47. The second-order valence-electron chi connectivity index (χ2n) is 8.43. The summed E-state index contributed by atoms with van der Waals surface area (Å²) in [6, 6.07) is 7.93. The lowest BCUT2D eigenvalue weighted by atomic mass is 10.1. The first-order chi connectivity index (χ1) is 17.7. The van der Waals surface area contributed by atoms with E-state index < -0.39 is 0 Å². The molecular weight excluding hydrogens is 458 g/mol. The van der Waals surface area contributed by atoms with Gasteiger partial charge < -0.3 is 30.2 Å². The minimum atomic E-state index is 0.382. The molecule has 10 heteroatoms. The first kappa shape index (κ1) is 25.6. The third kappa shape index (κ3) is 7.51. The van der Waals surface area contributed by atoms with Crippen LogP contribution in [-0.4, -0.2) is 87.5 Å². The summed E-state index contributed by atoms with van der Waals surface area (Å²) in [5.74, 6) is 2.19. The Morgan fingerprint density at radius 2 is 2.08 bits per heavy atom. The van der Waals surface area contributed by atoms with E-state index in [9.17, 15) is 0 Å². The fourth-order valence-electron chi connectivity index (χ4n) is 3.92. The lowest BCUT2D eigenvalue weighted by Crippen LogP contribution is -2.41. The van der Waals surface area contributed by atoms with Gasteiger partial charge >= 0.3 is 0 Å². The Morgan fingerprint density at radius 3 is 2.81 bits per heavy atom. The topological polar surface area (TPSA) is 105 Å². The predicted octanol–water partition coefficient (Wildman–Crippen LogP) is 2.16. The highest BCUT2D eigenvalue weighted by Crippen LogP contribution is 2.27. The molecule has 36 heavy (non-hydrogen) atoms. The summed E-state index contributed by atoms with van der Waals surface area (Å²) in [4.78, 5) is 16.4. The van der Waals surface area contributed by atoms with Crippen molar-refractivity contribution >= 4 is 22.9 Å². The average Bonchev–Trinajstić information content (AvgIpc) is 2.94. The van der Waals surface area contributed by atoms with Crippen LogP contribution >= 0.6 is 0 Å². The maximum Gasteiger partial charge on any atom is 0.186 e. The Morgan fingerprint density at radius 1 is 1.19 bits per heavy atom. The zero-order chi connectivity index (χ0) is 25.0. The van der Waals surface area contributed by atoms with Crippen molar-refractivity contribution in [1.29, 1.82) is 0 Å². The van der Waals surface area contributed by atoms with E-state index in [2.05, 4.69) is 25.8 Å². The summed E-state index contributed by atoms with van der Waals surface area (Å²) >= 11 is 0. The second kappa shape index (κ2) is 13.6. The van der Waals surface area contributed by atoms with E-state index in [1.165, 1.54) is 0 Å². The number of rotatable bonds is 11. The van der Waals surface area contributed by atoms with E-state index in [1.54, 1.807) is 20.4 Å². The van der Waals surface area contributed by atoms with Gasteiger partial charge in [-0.05, 0) is 41.5 Å². The molecule has 2 aromatic heterocycles. The summed E-state index contributed by atoms with van der Waals surface area (Å²) in [5, 5.41) is 10.1. The molecule has 2 aliphatic rings. The van der Waals surface area contributed by atoms with E-state index in [0.717, 1.165) is 73.6 Å². The van der Waals surface area contributed by atoms with Gasteiger partial charge in [0.2, 0.25) is 0 Å². The molecule has 0 saturated carbocycles. The molecular formula is C26H35N7O3. The number of aliphatic imine (C=N–C) groups is 1. The number of aromatic nitrogens is 2. The third-order valence-electron chi connectivity index (χ3n) is 5.89. The SMILES string of the molecule is COC/C(=N\c1ccc(C2=CC=C(OC)NC2)nc1NCc1cccnc1)NCCN1CCOCC1. The molecule has 0 amide bonds. The highest BCUT2D eigenvalue weighted by atomic mass is 16.5. The first-order valence-electron chi connectivity index (χ1n) is 12.2. The van der Waals surface area contributed by atoms with Crippen molar-refractivity contribution in [2.45, 2.75) is 6.54 Å². The lowest BCUT2D eigenvalue weighted by molar-refractivity contribution is 0.0389. The van der Waals surface area contributed by atoms with Crippen molar-refractivity contribution in [3.05, 3.63) is 66.0 Å². The highest BCUT2D eigenvalue weighted by Gasteiger charge is 2.14. The second-order valence-corrected chi connectivity index (χ2v) is 8.43. The number of anilines is 1. The van der Waals surface area contributed by atoms with Gasteiger partial charge in [-0.15, -0.1) is 0 Å². The Kier molecular flexibility index (Phi) is 9.66. The molecule has 2 aromatic rings. The van der Waals surface area contributed by atoms with Crippen molar-refractivity contribution in [3.8, 4) is 0 Å². The Labute approximate surface area is 212 Å². The molecule has 192 valence electrons. The monoisotopic (exact) mass is 493 g/mol. The fraction of sp³-hybridized carbons (Fsp3) is 0.423. The van der Waals surface area contributed by atoms with E-state index in [4.69, 9.17) is 24.2 Å². The van der Waals surface area contributed by atoms with E-state index in [0.29, 0.717) is 25.5 Å². The van der Waals surface area contributed by atoms with Crippen LogP contribution in [0.15, 0.2) is 59.7 Å². The van der Waals surface area contributed by atoms with Gasteiger partial charge in [0.05, 0.1) is 26.0 Å². The van der Waals surface area contributed by atoms with Gasteiger partial charge in [-0.25, -0.2) is 9.98 Å².